The van der Waals surface area contributed by atoms with E-state index in [1.54, 1.807) is 12.3 Å². The van der Waals surface area contributed by atoms with Crippen LogP contribution in [0.2, 0.25) is 0 Å². The van der Waals surface area contributed by atoms with Gasteiger partial charge in [0.2, 0.25) is 11.8 Å². The first-order chi connectivity index (χ1) is 40.3. The predicted octanol–water partition coefficient (Wildman–Crippen LogP) is 8.09. The Morgan fingerprint density at radius 2 is 1.72 bits per heavy atom. The minimum absolute atomic E-state index is 0.0214. The number of fused-ring (bicyclic) bond motifs is 5. The fraction of sp³-hybridized carbons (Fsp3) is 0.500. The van der Waals surface area contributed by atoms with Gasteiger partial charge in [0.1, 0.15) is 41.3 Å². The number of rotatable bonds is 12. The van der Waals surface area contributed by atoms with Crippen molar-refractivity contribution in [3.63, 3.8) is 0 Å². The third kappa shape index (κ3) is 10.2. The Balaban J connectivity index is 0.739. The number of nitrogens with zero attached hydrogens (tertiary/aromatic N) is 8. The van der Waals surface area contributed by atoms with E-state index in [2.05, 4.69) is 66.7 Å². The lowest BCUT2D eigenvalue weighted by molar-refractivity contribution is -0.384. The third-order valence-electron chi connectivity index (χ3n) is 18.4. The van der Waals surface area contributed by atoms with Gasteiger partial charge in [-0.15, -0.1) is 0 Å². The number of aromatic nitrogens is 4. The van der Waals surface area contributed by atoms with Crippen molar-refractivity contribution in [1.29, 1.82) is 0 Å². The fourth-order valence-electron chi connectivity index (χ4n) is 14.1. The van der Waals surface area contributed by atoms with E-state index in [9.17, 15) is 23.3 Å². The molecule has 8 aliphatic rings. The van der Waals surface area contributed by atoms with Crippen LogP contribution in [0, 0.1) is 21.4 Å². The Hall–Kier alpha value is -7.47. The number of carbonyl (C=O) groups is 1. The number of H-pyrrole nitrogens is 1. The van der Waals surface area contributed by atoms with Gasteiger partial charge < -0.3 is 53.4 Å². The number of nitrogens with one attached hydrogen (secondary N) is 3. The van der Waals surface area contributed by atoms with Gasteiger partial charge in [-0.3, -0.25) is 19.8 Å². The van der Waals surface area contributed by atoms with Gasteiger partial charge in [0.25, 0.3) is 21.6 Å². The lowest BCUT2D eigenvalue weighted by atomic mass is 9.59. The molecular formula is C60H69N11O11S. The fourth-order valence-corrected chi connectivity index (χ4v) is 15.1. The van der Waals surface area contributed by atoms with E-state index in [1.165, 1.54) is 11.6 Å². The van der Waals surface area contributed by atoms with Crippen LogP contribution >= 0.6 is 0 Å². The molecule has 7 aliphatic heterocycles. The molecule has 1 aliphatic carbocycles. The summed E-state index contributed by atoms with van der Waals surface area (Å²) in [5.41, 5.74) is 4.61. The van der Waals surface area contributed by atoms with Crippen LogP contribution in [0.15, 0.2) is 84.0 Å². The third-order valence-corrected chi connectivity index (χ3v) is 19.7. The summed E-state index contributed by atoms with van der Waals surface area (Å²) in [6.45, 7) is 10.9. The number of anilines is 5. The molecule has 83 heavy (non-hydrogen) atoms. The Labute approximate surface area is 481 Å². The largest absolute Gasteiger partial charge is 0.491 e. The summed E-state index contributed by atoms with van der Waals surface area (Å²) in [7, 11) is -4.72. The zero-order chi connectivity index (χ0) is 56.6. The highest BCUT2D eigenvalue weighted by Crippen LogP contribution is 2.54. The monoisotopic (exact) mass is 1150 g/mol. The zero-order valence-corrected chi connectivity index (χ0v) is 47.5. The van der Waals surface area contributed by atoms with Gasteiger partial charge in [-0.2, -0.15) is 4.98 Å². The lowest BCUT2D eigenvalue weighted by Gasteiger charge is -2.58. The summed E-state index contributed by atoms with van der Waals surface area (Å²) >= 11 is 0. The maximum Gasteiger partial charge on any atom is 0.297 e. The molecule has 22 nitrogen and oxygen atoms in total. The number of nitro benzene ring substituents is 1. The average molecular weight is 1150 g/mol. The molecule has 436 valence electrons. The van der Waals surface area contributed by atoms with E-state index < -0.39 is 37.5 Å². The molecule has 0 bridgehead atoms. The first kappa shape index (κ1) is 53.5. The molecule has 5 fully saturated rings. The molecule has 14 rings (SSSR count). The number of carbonyl (C=O) groups excluding carboxylic acids is 1. The Morgan fingerprint density at radius 3 is 2.55 bits per heavy atom. The maximum absolute atomic E-state index is 14.9. The molecular weight excluding hydrogens is 1080 g/mol. The van der Waals surface area contributed by atoms with Crippen LogP contribution in [0.5, 0.6) is 23.3 Å². The van der Waals surface area contributed by atoms with Gasteiger partial charge >= 0.3 is 0 Å². The van der Waals surface area contributed by atoms with Crippen LogP contribution in [-0.2, 0) is 25.9 Å². The molecule has 4 saturated heterocycles. The number of aromatic amines is 1. The van der Waals surface area contributed by atoms with Gasteiger partial charge in [-0.1, -0.05) is 18.2 Å². The van der Waals surface area contributed by atoms with E-state index in [0.29, 0.717) is 67.7 Å². The molecule has 1 amide bonds. The number of ether oxygens (including phenoxy) is 6. The molecule has 0 radical (unpaired) electrons. The van der Waals surface area contributed by atoms with Crippen LogP contribution in [0.1, 0.15) is 92.9 Å². The normalized spacial score (nSPS) is 23.6. The highest BCUT2D eigenvalue weighted by atomic mass is 32.2. The molecule has 1 spiro atoms. The van der Waals surface area contributed by atoms with Crippen molar-refractivity contribution in [2.45, 2.75) is 113 Å². The van der Waals surface area contributed by atoms with Crippen molar-refractivity contribution < 1.29 is 46.6 Å². The van der Waals surface area contributed by atoms with Crippen LogP contribution in [-0.4, -0.2) is 147 Å². The second kappa shape index (κ2) is 21.6. The minimum atomic E-state index is -4.72. The first-order valence-corrected chi connectivity index (χ1v) is 30.8. The summed E-state index contributed by atoms with van der Waals surface area (Å²) in [4.78, 5) is 53.8. The van der Waals surface area contributed by atoms with Crippen LogP contribution < -0.4 is 43.7 Å². The number of pyridine rings is 1. The average Bonchev–Trinajstić information content (AvgIpc) is 3.80. The van der Waals surface area contributed by atoms with Crippen LogP contribution in [0.25, 0.3) is 11.0 Å². The number of amides is 1. The minimum Gasteiger partial charge on any atom is -0.491 e. The second-order valence-corrected chi connectivity index (χ2v) is 25.5. The number of nitro groups is 1. The van der Waals surface area contributed by atoms with Crippen molar-refractivity contribution in [1.82, 2.24) is 29.6 Å². The van der Waals surface area contributed by atoms with Crippen molar-refractivity contribution >= 4 is 61.2 Å². The number of benzene rings is 3. The van der Waals surface area contributed by atoms with Gasteiger partial charge in [0, 0.05) is 93.6 Å². The molecule has 10 heterocycles. The molecule has 6 aromatic rings. The van der Waals surface area contributed by atoms with E-state index in [-0.39, 0.29) is 65.8 Å². The highest BCUT2D eigenvalue weighted by molar-refractivity contribution is 7.90. The summed E-state index contributed by atoms with van der Waals surface area (Å²) in [6, 6.07) is 20.1. The zero-order valence-electron chi connectivity index (χ0n) is 46.7. The van der Waals surface area contributed by atoms with Crippen molar-refractivity contribution in [2.75, 3.05) is 92.4 Å². The summed E-state index contributed by atoms with van der Waals surface area (Å²) in [5, 5.41) is 16.7. The summed E-state index contributed by atoms with van der Waals surface area (Å²) in [5.74, 6) is 2.06. The Morgan fingerprint density at radius 1 is 0.892 bits per heavy atom. The SMILES string of the molecule is CC(C)Oc1ccccc1[C@@H]1CN(c2cnc3c(n2)CCCO3)CCN1C1CC2(CCN(c3ccc(C(=O)NS(=O)(=O)c4cc5c(c([N+](=O)[O-])c4)N[C@H](C4CCOCC4)CO5)c(N4c5cc6cc[nH]c6nc5O[C@H]5COCC[C@@H]54)c3)CC2)C1. The smallest absolute Gasteiger partial charge is 0.297 e. The topological polar surface area (TPSA) is 241 Å². The van der Waals surface area contributed by atoms with Crippen molar-refractivity contribution in [2.24, 2.45) is 11.3 Å². The van der Waals surface area contributed by atoms with E-state index in [1.807, 2.05) is 36.5 Å². The lowest BCUT2D eigenvalue weighted by Crippen LogP contribution is -2.60. The Kier molecular flexibility index (Phi) is 13.9. The Bertz CT molecular complexity index is 3580. The van der Waals surface area contributed by atoms with Crippen molar-refractivity contribution in [3.05, 3.63) is 106 Å². The predicted molar refractivity (Wildman–Crippen MR) is 309 cm³/mol. The maximum atomic E-state index is 14.9. The number of sulfonamides is 1. The quantitative estimate of drug-likeness (QED) is 0.0774. The standard InChI is InChI=1S/C60H69N11O11S/c1-36(2)81-51-8-4-3-6-42(51)50-33-68(54-32-62-58-44(63-54)7-5-22-79-58)20-21-69(50)40-30-60(31-40)15-18-67(19-16-60)39-9-10-43(47(27-39)70-46-14-25-78-35-53(46)82-59-49(70)26-38-11-17-61-56(38)65-59)57(72)66-83(75,76)41-28-48(71(73)74)55-52(29-41)80-34-45(64-55)37-12-23-77-24-13-37/h3-4,6,8-11,17,26-29,32,36-37,40,45-46,50,53,64H,5,7,12-16,18-25,30-31,33-35H2,1-2H3,(H,61,65)(H,66,72)/t45-,46-,50-,53-/m0/s1. The van der Waals surface area contributed by atoms with Gasteiger partial charge in [0.05, 0.1) is 64.7 Å². The molecule has 4 atom stereocenters. The number of hydrogen-bond acceptors (Lipinski definition) is 19. The second-order valence-electron chi connectivity index (χ2n) is 23.8. The first-order valence-electron chi connectivity index (χ1n) is 29.4. The van der Waals surface area contributed by atoms with Crippen LogP contribution in [0.4, 0.5) is 34.3 Å². The molecule has 0 unspecified atom stereocenters. The van der Waals surface area contributed by atoms with Gasteiger partial charge in [-0.05, 0) is 119 Å². The van der Waals surface area contributed by atoms with Crippen molar-refractivity contribution in [3.8, 4) is 23.3 Å². The molecule has 3 N–H and O–H groups in total. The van der Waals surface area contributed by atoms with E-state index >= 15 is 0 Å². The number of hydrogen-bond donors (Lipinski definition) is 3. The highest BCUT2D eigenvalue weighted by Gasteiger charge is 2.51. The van der Waals surface area contributed by atoms with E-state index in [4.69, 9.17) is 43.4 Å². The van der Waals surface area contributed by atoms with E-state index in [0.717, 1.165) is 118 Å². The molecule has 23 heteroatoms. The number of aryl methyl sites for hydroxylation is 1. The van der Waals surface area contributed by atoms with Crippen LogP contribution in [0.3, 0.4) is 0 Å². The summed E-state index contributed by atoms with van der Waals surface area (Å²) in [6.07, 6.45) is 11.2. The van der Waals surface area contributed by atoms with Gasteiger partial charge in [-0.25, -0.2) is 23.1 Å². The summed E-state index contributed by atoms with van der Waals surface area (Å²) < 4.78 is 67.7. The molecule has 3 aromatic carbocycles. The van der Waals surface area contributed by atoms with Gasteiger partial charge in [0.15, 0.2) is 11.4 Å². The molecule has 1 saturated carbocycles. The number of piperazine rings is 1. The molecule has 3 aromatic heterocycles. The number of para-hydroxylation sites is 1. The number of piperidine rings is 1.